The van der Waals surface area contributed by atoms with Gasteiger partial charge in [-0.05, 0) is 24.6 Å². The van der Waals surface area contributed by atoms with E-state index in [4.69, 9.17) is 15.2 Å². The maximum absolute atomic E-state index is 5.78. The number of aromatic nitrogens is 3. The van der Waals surface area contributed by atoms with Gasteiger partial charge in [0.2, 0.25) is 0 Å². The summed E-state index contributed by atoms with van der Waals surface area (Å²) in [6.07, 6.45) is 0.783. The Morgan fingerprint density at radius 2 is 2.05 bits per heavy atom. The highest BCUT2D eigenvalue weighted by Crippen LogP contribution is 2.25. The maximum atomic E-state index is 5.78. The molecule has 2 N–H and O–H groups in total. The highest BCUT2D eigenvalue weighted by Gasteiger charge is 2.11. The van der Waals surface area contributed by atoms with E-state index in [9.17, 15) is 0 Å². The summed E-state index contributed by atoms with van der Waals surface area (Å²) in [5, 5.41) is 7.96. The zero-order chi connectivity index (χ0) is 13.8. The van der Waals surface area contributed by atoms with Gasteiger partial charge in [-0.25, -0.2) is 4.68 Å². The monoisotopic (exact) mass is 262 g/mol. The van der Waals surface area contributed by atoms with E-state index in [-0.39, 0.29) is 0 Å². The lowest BCUT2D eigenvalue weighted by Gasteiger charge is -2.11. The van der Waals surface area contributed by atoms with E-state index in [2.05, 4.69) is 10.3 Å². The van der Waals surface area contributed by atoms with Crippen LogP contribution in [-0.4, -0.2) is 29.2 Å². The first kappa shape index (κ1) is 13.2. The van der Waals surface area contributed by atoms with Gasteiger partial charge < -0.3 is 15.2 Å². The Balaban J connectivity index is 2.36. The molecule has 0 unspecified atom stereocenters. The Labute approximate surface area is 112 Å². The van der Waals surface area contributed by atoms with E-state index in [1.165, 1.54) is 0 Å². The predicted molar refractivity (Wildman–Crippen MR) is 72.5 cm³/mol. The second kappa shape index (κ2) is 5.60. The van der Waals surface area contributed by atoms with E-state index >= 15 is 0 Å². The highest BCUT2D eigenvalue weighted by atomic mass is 16.5. The molecule has 0 aliphatic heterocycles. The van der Waals surface area contributed by atoms with Crippen LogP contribution in [0.15, 0.2) is 18.2 Å². The van der Waals surface area contributed by atoms with Crippen molar-refractivity contribution in [3.63, 3.8) is 0 Å². The molecule has 0 aliphatic carbocycles. The largest absolute Gasteiger partial charge is 0.497 e. The van der Waals surface area contributed by atoms with Crippen LogP contribution in [0.1, 0.15) is 18.2 Å². The minimum Gasteiger partial charge on any atom is -0.497 e. The van der Waals surface area contributed by atoms with Crippen molar-refractivity contribution in [2.24, 2.45) is 0 Å². The van der Waals surface area contributed by atoms with Gasteiger partial charge in [-0.15, -0.1) is 5.10 Å². The summed E-state index contributed by atoms with van der Waals surface area (Å²) < 4.78 is 12.4. The van der Waals surface area contributed by atoms with Crippen LogP contribution in [-0.2, 0) is 13.0 Å². The van der Waals surface area contributed by atoms with Crippen molar-refractivity contribution in [3.05, 3.63) is 29.5 Å². The molecule has 0 spiro atoms. The lowest BCUT2D eigenvalue weighted by atomic mass is 10.2. The molecule has 6 nitrogen and oxygen atoms in total. The number of nitrogen functional groups attached to an aromatic ring is 1. The van der Waals surface area contributed by atoms with E-state index in [1.54, 1.807) is 18.9 Å². The Kier molecular flexibility index (Phi) is 3.89. The minimum atomic E-state index is 0.476. The third kappa shape index (κ3) is 2.62. The molecule has 0 fully saturated rings. The molecule has 102 valence electrons. The number of anilines is 1. The van der Waals surface area contributed by atoms with Crippen LogP contribution < -0.4 is 15.2 Å². The van der Waals surface area contributed by atoms with Crippen molar-refractivity contribution in [3.8, 4) is 11.5 Å². The lowest BCUT2D eigenvalue weighted by Crippen LogP contribution is -2.08. The summed E-state index contributed by atoms with van der Waals surface area (Å²) in [7, 11) is 3.28. The molecule has 0 saturated carbocycles. The Hall–Kier alpha value is -2.24. The summed E-state index contributed by atoms with van der Waals surface area (Å²) in [6, 6.07) is 5.66. The smallest absolute Gasteiger partial charge is 0.169 e. The molecule has 0 bridgehead atoms. The Morgan fingerprint density at radius 1 is 1.26 bits per heavy atom. The van der Waals surface area contributed by atoms with Crippen LogP contribution in [0.25, 0.3) is 0 Å². The SMILES string of the molecule is CCc1c(N)nnn1Cc1cc(OC)ccc1OC. The molecular formula is C13H18N4O2. The van der Waals surface area contributed by atoms with Gasteiger partial charge in [-0.2, -0.15) is 0 Å². The van der Waals surface area contributed by atoms with Crippen molar-refractivity contribution < 1.29 is 9.47 Å². The van der Waals surface area contributed by atoms with Crippen LogP contribution >= 0.6 is 0 Å². The van der Waals surface area contributed by atoms with Gasteiger partial charge in [-0.1, -0.05) is 12.1 Å². The van der Waals surface area contributed by atoms with E-state index in [0.717, 1.165) is 29.2 Å². The average molecular weight is 262 g/mol. The molecule has 19 heavy (non-hydrogen) atoms. The topological polar surface area (TPSA) is 75.2 Å². The van der Waals surface area contributed by atoms with Crippen molar-refractivity contribution in [2.75, 3.05) is 20.0 Å². The van der Waals surface area contributed by atoms with Gasteiger partial charge in [0.05, 0.1) is 26.5 Å². The van der Waals surface area contributed by atoms with Gasteiger partial charge in [-0.3, -0.25) is 0 Å². The van der Waals surface area contributed by atoms with Crippen molar-refractivity contribution in [2.45, 2.75) is 19.9 Å². The molecule has 2 rings (SSSR count). The van der Waals surface area contributed by atoms with Crippen molar-refractivity contribution >= 4 is 5.82 Å². The average Bonchev–Trinajstić information content (AvgIpc) is 2.79. The van der Waals surface area contributed by atoms with Crippen LogP contribution in [0, 0.1) is 0 Å². The first-order valence-electron chi connectivity index (χ1n) is 6.08. The van der Waals surface area contributed by atoms with Gasteiger partial charge in [0, 0.05) is 5.56 Å². The van der Waals surface area contributed by atoms with Crippen LogP contribution in [0.2, 0.25) is 0 Å². The third-order valence-corrected chi connectivity index (χ3v) is 3.01. The van der Waals surface area contributed by atoms with E-state index in [0.29, 0.717) is 12.4 Å². The molecule has 0 saturated heterocycles. The number of nitrogens with two attached hydrogens (primary N) is 1. The fourth-order valence-electron chi connectivity index (χ4n) is 2.00. The van der Waals surface area contributed by atoms with E-state index < -0.39 is 0 Å². The number of hydrogen-bond acceptors (Lipinski definition) is 5. The van der Waals surface area contributed by atoms with E-state index in [1.807, 2.05) is 25.1 Å². The predicted octanol–water partition coefficient (Wildman–Crippen LogP) is 1.49. The molecule has 0 aliphatic rings. The molecule has 1 aromatic heterocycles. The standard InChI is InChI=1S/C13H18N4O2/c1-4-11-13(14)15-16-17(11)8-9-7-10(18-2)5-6-12(9)19-3/h5-7H,4,8,14H2,1-3H3. The van der Waals surface area contributed by atoms with Crippen molar-refractivity contribution in [1.29, 1.82) is 0 Å². The molecule has 1 aromatic carbocycles. The number of nitrogens with zero attached hydrogens (tertiary/aromatic N) is 3. The first-order chi connectivity index (χ1) is 9.19. The third-order valence-electron chi connectivity index (χ3n) is 3.01. The number of methoxy groups -OCH3 is 2. The summed E-state index contributed by atoms with van der Waals surface area (Å²) in [5.41, 5.74) is 7.68. The molecule has 0 atom stereocenters. The second-order valence-corrected chi connectivity index (χ2v) is 4.11. The fraction of sp³-hybridized carbons (Fsp3) is 0.385. The van der Waals surface area contributed by atoms with Gasteiger partial charge in [0.25, 0.3) is 0 Å². The minimum absolute atomic E-state index is 0.476. The summed E-state index contributed by atoms with van der Waals surface area (Å²) in [4.78, 5) is 0. The lowest BCUT2D eigenvalue weighted by molar-refractivity contribution is 0.396. The summed E-state index contributed by atoms with van der Waals surface area (Å²) in [5.74, 6) is 2.04. The Bertz CT molecular complexity index is 566. The summed E-state index contributed by atoms with van der Waals surface area (Å²) >= 11 is 0. The van der Waals surface area contributed by atoms with Crippen LogP contribution in [0.4, 0.5) is 5.82 Å². The number of hydrogen-bond donors (Lipinski definition) is 1. The molecule has 2 aromatic rings. The zero-order valence-corrected chi connectivity index (χ0v) is 11.4. The van der Waals surface area contributed by atoms with Crippen molar-refractivity contribution in [1.82, 2.24) is 15.0 Å². The molecule has 6 heteroatoms. The number of rotatable bonds is 5. The highest BCUT2D eigenvalue weighted by molar-refractivity contribution is 5.41. The Morgan fingerprint density at radius 3 is 2.68 bits per heavy atom. The zero-order valence-electron chi connectivity index (χ0n) is 11.4. The number of benzene rings is 1. The van der Waals surface area contributed by atoms with Crippen LogP contribution in [0.3, 0.4) is 0 Å². The normalized spacial score (nSPS) is 10.5. The maximum Gasteiger partial charge on any atom is 0.169 e. The first-order valence-corrected chi connectivity index (χ1v) is 6.08. The number of ether oxygens (including phenoxy) is 2. The molecule has 0 radical (unpaired) electrons. The quantitative estimate of drug-likeness (QED) is 0.883. The summed E-state index contributed by atoms with van der Waals surface area (Å²) in [6.45, 7) is 2.57. The second-order valence-electron chi connectivity index (χ2n) is 4.11. The molecule has 1 heterocycles. The molecule has 0 amide bonds. The van der Waals surface area contributed by atoms with Gasteiger partial charge in [0.1, 0.15) is 11.5 Å². The van der Waals surface area contributed by atoms with Gasteiger partial charge >= 0.3 is 0 Å². The van der Waals surface area contributed by atoms with Gasteiger partial charge in [0.15, 0.2) is 5.82 Å². The van der Waals surface area contributed by atoms with Crippen LogP contribution in [0.5, 0.6) is 11.5 Å². The molecular weight excluding hydrogens is 244 g/mol. The fourth-order valence-corrected chi connectivity index (χ4v) is 2.00.